The van der Waals surface area contributed by atoms with Crippen LogP contribution in [0, 0.1) is 0 Å². The van der Waals surface area contributed by atoms with E-state index in [9.17, 15) is 0 Å². The topological polar surface area (TPSA) is 36.9 Å². The van der Waals surface area contributed by atoms with Crippen LogP contribution < -0.4 is 0 Å². The second-order valence-corrected chi connectivity index (χ2v) is 3.53. The predicted molar refractivity (Wildman–Crippen MR) is 72.4 cm³/mol. The molecule has 0 N–H and O–H groups in total. The van der Waals surface area contributed by atoms with E-state index in [0.717, 1.165) is 12.8 Å². The summed E-state index contributed by atoms with van der Waals surface area (Å²) in [6.07, 6.45) is 9.34. The molecule has 0 aromatic rings. The number of rotatable bonds is 13. The van der Waals surface area contributed by atoms with Crippen molar-refractivity contribution in [1.29, 1.82) is 0 Å². The monoisotopic (exact) mass is 258 g/mol. The van der Waals surface area contributed by atoms with E-state index in [4.69, 9.17) is 18.9 Å². The molecule has 0 aliphatic heterocycles. The molecule has 18 heavy (non-hydrogen) atoms. The molecule has 0 heterocycles. The molecule has 0 aromatic carbocycles. The third kappa shape index (κ3) is 15.0. The zero-order valence-electron chi connectivity index (χ0n) is 11.6. The fraction of sp³-hybridized carbons (Fsp3) is 0.714. The lowest BCUT2D eigenvalue weighted by molar-refractivity contribution is 0.0184. The first kappa shape index (κ1) is 17.0. The molecule has 106 valence electrons. The molecule has 0 atom stereocenters. The molecule has 0 spiro atoms. The molecule has 0 radical (unpaired) electrons. The van der Waals surface area contributed by atoms with E-state index in [0.29, 0.717) is 39.6 Å². The van der Waals surface area contributed by atoms with Gasteiger partial charge in [-0.25, -0.2) is 0 Å². The Morgan fingerprint density at radius 2 is 1.00 bits per heavy atom. The Labute approximate surface area is 111 Å². The van der Waals surface area contributed by atoms with Crippen molar-refractivity contribution in [2.24, 2.45) is 0 Å². The molecule has 0 saturated heterocycles. The second-order valence-electron chi connectivity index (χ2n) is 3.53. The van der Waals surface area contributed by atoms with Crippen molar-refractivity contribution in [2.75, 3.05) is 39.6 Å². The van der Waals surface area contributed by atoms with Gasteiger partial charge >= 0.3 is 0 Å². The molecular formula is C14H26O4. The highest BCUT2D eigenvalue weighted by Gasteiger charge is 1.90. The Balaban J connectivity index is 2.98. The Hall–Kier alpha value is -1.00. The predicted octanol–water partition coefficient (Wildman–Crippen LogP) is 2.90. The first-order valence-electron chi connectivity index (χ1n) is 6.60. The maximum atomic E-state index is 5.32. The Bertz CT molecular complexity index is 180. The maximum absolute atomic E-state index is 5.32. The molecule has 0 fully saturated rings. The first-order valence-corrected chi connectivity index (χ1v) is 6.60. The minimum Gasteiger partial charge on any atom is -0.499 e. The fourth-order valence-corrected chi connectivity index (χ4v) is 1.00. The van der Waals surface area contributed by atoms with E-state index in [1.807, 2.05) is 12.2 Å². The van der Waals surface area contributed by atoms with Gasteiger partial charge in [-0.05, 0) is 12.8 Å². The summed E-state index contributed by atoms with van der Waals surface area (Å²) in [6.45, 7) is 7.66. The lowest BCUT2D eigenvalue weighted by Gasteiger charge is -2.05. The Kier molecular flexibility index (Phi) is 15.1. The average molecular weight is 258 g/mol. The van der Waals surface area contributed by atoms with Gasteiger partial charge in [0.05, 0.1) is 39.0 Å². The van der Waals surface area contributed by atoms with E-state index in [-0.39, 0.29) is 0 Å². The van der Waals surface area contributed by atoms with Gasteiger partial charge in [-0.3, -0.25) is 0 Å². The van der Waals surface area contributed by atoms with Crippen molar-refractivity contribution in [3.8, 4) is 0 Å². The van der Waals surface area contributed by atoms with E-state index in [2.05, 4.69) is 13.8 Å². The molecule has 0 saturated carbocycles. The van der Waals surface area contributed by atoms with E-state index >= 15 is 0 Å². The summed E-state index contributed by atoms with van der Waals surface area (Å²) in [7, 11) is 0. The standard InChI is InChI=1S/C14H26O4/c1-3-5-7-15-9-11-17-13-14-18-12-10-16-8-6-4-2/h5-8H,3-4,9-14H2,1-2H3/b7-5+,8-6+. The Morgan fingerprint density at radius 3 is 1.39 bits per heavy atom. The number of hydrogen-bond acceptors (Lipinski definition) is 4. The van der Waals surface area contributed by atoms with Gasteiger partial charge in [-0.15, -0.1) is 0 Å². The molecule has 4 heteroatoms. The van der Waals surface area contributed by atoms with Crippen LogP contribution >= 0.6 is 0 Å². The van der Waals surface area contributed by atoms with Gasteiger partial charge in [0, 0.05) is 0 Å². The van der Waals surface area contributed by atoms with Crippen LogP contribution in [0.15, 0.2) is 24.7 Å². The molecule has 0 aromatic heterocycles. The van der Waals surface area contributed by atoms with Crippen LogP contribution in [0.1, 0.15) is 26.7 Å². The lowest BCUT2D eigenvalue weighted by Crippen LogP contribution is -2.10. The zero-order valence-corrected chi connectivity index (χ0v) is 11.6. The highest BCUT2D eigenvalue weighted by atomic mass is 16.6. The van der Waals surface area contributed by atoms with Crippen molar-refractivity contribution in [3.05, 3.63) is 24.7 Å². The van der Waals surface area contributed by atoms with E-state index in [1.54, 1.807) is 12.5 Å². The molecular weight excluding hydrogens is 232 g/mol. The number of ether oxygens (including phenoxy) is 4. The fourth-order valence-electron chi connectivity index (χ4n) is 1.00. The van der Waals surface area contributed by atoms with Crippen LogP contribution in [0.25, 0.3) is 0 Å². The minimum atomic E-state index is 0.585. The molecule has 0 bridgehead atoms. The Morgan fingerprint density at radius 1 is 0.611 bits per heavy atom. The summed E-state index contributed by atoms with van der Waals surface area (Å²) in [5.41, 5.74) is 0. The van der Waals surface area contributed by atoms with Crippen LogP contribution in [0.4, 0.5) is 0 Å². The van der Waals surface area contributed by atoms with Crippen molar-refractivity contribution >= 4 is 0 Å². The summed E-state index contributed by atoms with van der Waals surface area (Å²) in [5.74, 6) is 0. The third-order valence-electron chi connectivity index (χ3n) is 1.92. The quantitative estimate of drug-likeness (QED) is 0.376. The van der Waals surface area contributed by atoms with Gasteiger partial charge in [-0.2, -0.15) is 0 Å². The molecule has 0 amide bonds. The smallest absolute Gasteiger partial charge is 0.111 e. The van der Waals surface area contributed by atoms with Crippen LogP contribution in [0.5, 0.6) is 0 Å². The molecule has 0 rings (SSSR count). The third-order valence-corrected chi connectivity index (χ3v) is 1.92. The number of allylic oxidation sites excluding steroid dienone is 2. The van der Waals surface area contributed by atoms with E-state index < -0.39 is 0 Å². The lowest BCUT2D eigenvalue weighted by atomic mass is 10.5. The molecule has 0 unspecified atom stereocenters. The van der Waals surface area contributed by atoms with Gasteiger partial charge in [-0.1, -0.05) is 26.0 Å². The van der Waals surface area contributed by atoms with Crippen LogP contribution in [0.3, 0.4) is 0 Å². The summed E-state index contributed by atoms with van der Waals surface area (Å²) in [6, 6.07) is 0. The minimum absolute atomic E-state index is 0.585. The highest BCUT2D eigenvalue weighted by molar-refractivity contribution is 4.70. The van der Waals surface area contributed by atoms with Gasteiger partial charge in [0.2, 0.25) is 0 Å². The number of hydrogen-bond donors (Lipinski definition) is 0. The molecule has 4 nitrogen and oxygen atoms in total. The van der Waals surface area contributed by atoms with Crippen LogP contribution in [-0.4, -0.2) is 39.6 Å². The maximum Gasteiger partial charge on any atom is 0.111 e. The largest absolute Gasteiger partial charge is 0.499 e. The van der Waals surface area contributed by atoms with Crippen LogP contribution in [-0.2, 0) is 18.9 Å². The SMILES string of the molecule is CC/C=C/OCCOCCOCCO/C=C/CC. The van der Waals surface area contributed by atoms with E-state index in [1.165, 1.54) is 0 Å². The molecule has 0 aliphatic rings. The van der Waals surface area contributed by atoms with Gasteiger partial charge in [0.15, 0.2) is 0 Å². The summed E-state index contributed by atoms with van der Waals surface area (Å²) >= 11 is 0. The molecule has 0 aliphatic carbocycles. The van der Waals surface area contributed by atoms with Gasteiger partial charge < -0.3 is 18.9 Å². The summed E-state index contributed by atoms with van der Waals surface area (Å²) < 4.78 is 21.0. The summed E-state index contributed by atoms with van der Waals surface area (Å²) in [4.78, 5) is 0. The second kappa shape index (κ2) is 16.0. The highest BCUT2D eigenvalue weighted by Crippen LogP contribution is 1.86. The van der Waals surface area contributed by atoms with Crippen molar-refractivity contribution in [3.63, 3.8) is 0 Å². The zero-order chi connectivity index (χ0) is 13.3. The average Bonchev–Trinajstić information content (AvgIpc) is 2.39. The van der Waals surface area contributed by atoms with Crippen molar-refractivity contribution in [1.82, 2.24) is 0 Å². The first-order chi connectivity index (χ1) is 8.91. The summed E-state index contributed by atoms with van der Waals surface area (Å²) in [5, 5.41) is 0. The van der Waals surface area contributed by atoms with Crippen molar-refractivity contribution in [2.45, 2.75) is 26.7 Å². The normalized spacial score (nSPS) is 11.4. The van der Waals surface area contributed by atoms with Crippen molar-refractivity contribution < 1.29 is 18.9 Å². The van der Waals surface area contributed by atoms with Crippen LogP contribution in [0.2, 0.25) is 0 Å². The van der Waals surface area contributed by atoms with Gasteiger partial charge in [0.25, 0.3) is 0 Å². The van der Waals surface area contributed by atoms with Gasteiger partial charge in [0.1, 0.15) is 13.2 Å².